The maximum absolute atomic E-state index is 5.93. The van der Waals surface area contributed by atoms with Gasteiger partial charge in [0.1, 0.15) is 5.75 Å². The molecule has 0 aliphatic rings. The van der Waals surface area contributed by atoms with Crippen molar-refractivity contribution in [3.05, 3.63) is 24.3 Å². The summed E-state index contributed by atoms with van der Waals surface area (Å²) in [7, 11) is 0.300. The fraction of sp³-hybridized carbons (Fsp3) is 0.400. The number of benzene rings is 1. The van der Waals surface area contributed by atoms with E-state index in [-0.39, 0.29) is 0 Å². The average Bonchev–Trinajstić information content (AvgIpc) is 2.18. The van der Waals surface area contributed by atoms with E-state index >= 15 is 0 Å². The molecule has 0 bridgehead atoms. The molecule has 1 rings (SSSR count). The molecule has 0 aliphatic carbocycles. The van der Waals surface area contributed by atoms with Gasteiger partial charge in [0.25, 0.3) is 0 Å². The summed E-state index contributed by atoms with van der Waals surface area (Å²) < 4.78 is 5.10. The van der Waals surface area contributed by atoms with Gasteiger partial charge in [-0.3, -0.25) is 0 Å². The third-order valence-electron chi connectivity index (χ3n) is 2.21. The molecule has 0 amide bonds. The summed E-state index contributed by atoms with van der Waals surface area (Å²) in [6, 6.07) is 8.23. The first-order valence-corrected chi connectivity index (χ1v) is 8.05. The van der Waals surface area contributed by atoms with E-state index in [1.807, 2.05) is 12.1 Å². The van der Waals surface area contributed by atoms with Crippen molar-refractivity contribution in [2.75, 3.05) is 12.6 Å². The molecule has 1 aromatic rings. The van der Waals surface area contributed by atoms with Crippen molar-refractivity contribution in [3.8, 4) is 5.75 Å². The minimum absolute atomic E-state index is 0.763. The molecule has 0 atom stereocenters. The number of hydrogen-bond donors (Lipinski definition) is 0. The number of alkyl halides is 1. The van der Waals surface area contributed by atoms with Crippen LogP contribution in [0.25, 0.3) is 0 Å². The van der Waals surface area contributed by atoms with Crippen LogP contribution in [-0.2, 0) is 0 Å². The summed E-state index contributed by atoms with van der Waals surface area (Å²) in [4.78, 5) is 0. The molecule has 0 unspecified atom stereocenters. The lowest BCUT2D eigenvalue weighted by Gasteiger charge is -2.19. The molecular weight excluding hydrogens is 200 g/mol. The number of hydrogen-bond acceptors (Lipinski definition) is 1. The Morgan fingerprint density at radius 3 is 2.15 bits per heavy atom. The zero-order chi connectivity index (χ0) is 9.90. The Balaban J connectivity index is 2.92. The highest BCUT2D eigenvalue weighted by Crippen LogP contribution is 2.10. The molecule has 0 aromatic heterocycles. The maximum atomic E-state index is 5.93. The van der Waals surface area contributed by atoms with Gasteiger partial charge in [-0.05, 0) is 12.1 Å². The monoisotopic (exact) mass is 214 g/mol. The van der Waals surface area contributed by atoms with Gasteiger partial charge < -0.3 is 4.74 Å². The van der Waals surface area contributed by atoms with Gasteiger partial charge in [-0.15, -0.1) is 11.6 Å². The lowest BCUT2D eigenvalue weighted by molar-refractivity contribution is 0.415. The lowest BCUT2D eigenvalue weighted by atomic mass is 10.3. The Kier molecular flexibility index (Phi) is 3.39. The standard InChI is InChI=1S/C10H15ClOSi/c1-12-9-4-6-10(7-5-9)13(2,3)8-11/h4-7H,8H2,1-3H3. The molecule has 13 heavy (non-hydrogen) atoms. The van der Waals surface area contributed by atoms with E-state index in [0.29, 0.717) is 0 Å². The highest BCUT2D eigenvalue weighted by molar-refractivity contribution is 6.94. The molecule has 0 N–H and O–H groups in total. The van der Waals surface area contributed by atoms with Gasteiger partial charge in [0.05, 0.1) is 15.2 Å². The van der Waals surface area contributed by atoms with Crippen LogP contribution in [0.1, 0.15) is 0 Å². The lowest BCUT2D eigenvalue weighted by Crippen LogP contribution is -2.43. The van der Waals surface area contributed by atoms with E-state index in [0.717, 1.165) is 11.3 Å². The molecule has 1 aromatic carbocycles. The third-order valence-corrected chi connectivity index (χ3v) is 6.77. The van der Waals surface area contributed by atoms with Gasteiger partial charge >= 0.3 is 0 Å². The van der Waals surface area contributed by atoms with Crippen molar-refractivity contribution in [1.29, 1.82) is 0 Å². The summed E-state index contributed by atoms with van der Waals surface area (Å²) in [5.74, 6) is 0.906. The van der Waals surface area contributed by atoms with Gasteiger partial charge in [0.2, 0.25) is 0 Å². The first-order chi connectivity index (χ1) is 6.10. The summed E-state index contributed by atoms with van der Waals surface area (Å²) >= 11 is 5.93. The van der Waals surface area contributed by atoms with E-state index in [2.05, 4.69) is 25.2 Å². The molecule has 1 nitrogen and oxygen atoms in total. The molecule has 0 saturated heterocycles. The smallest absolute Gasteiger partial charge is 0.118 e. The molecule has 0 saturated carbocycles. The van der Waals surface area contributed by atoms with Crippen LogP contribution in [0.4, 0.5) is 0 Å². The molecular formula is C10H15ClOSi. The molecule has 0 radical (unpaired) electrons. The fourth-order valence-corrected chi connectivity index (χ4v) is 2.81. The quantitative estimate of drug-likeness (QED) is 0.555. The Morgan fingerprint density at radius 2 is 1.77 bits per heavy atom. The van der Waals surface area contributed by atoms with Gasteiger partial charge in [-0.1, -0.05) is 30.4 Å². The second-order valence-electron chi connectivity index (χ2n) is 3.75. The number of halogens is 1. The van der Waals surface area contributed by atoms with Gasteiger partial charge in [0.15, 0.2) is 0 Å². The summed E-state index contributed by atoms with van der Waals surface area (Å²) in [6.45, 7) is 4.53. The van der Waals surface area contributed by atoms with Crippen LogP contribution in [0.15, 0.2) is 24.3 Å². The average molecular weight is 215 g/mol. The Morgan fingerprint density at radius 1 is 1.23 bits per heavy atom. The van der Waals surface area contributed by atoms with Crippen molar-refractivity contribution >= 4 is 24.9 Å². The van der Waals surface area contributed by atoms with Gasteiger partial charge in [-0.25, -0.2) is 0 Å². The predicted octanol–water partition coefficient (Wildman–Crippen LogP) is 2.39. The van der Waals surface area contributed by atoms with Crippen LogP contribution in [0.5, 0.6) is 5.75 Å². The zero-order valence-electron chi connectivity index (χ0n) is 8.30. The van der Waals surface area contributed by atoms with E-state index in [9.17, 15) is 0 Å². The van der Waals surface area contributed by atoms with E-state index in [1.54, 1.807) is 7.11 Å². The predicted molar refractivity (Wildman–Crippen MR) is 60.8 cm³/mol. The third kappa shape index (κ3) is 2.48. The largest absolute Gasteiger partial charge is 0.497 e. The summed E-state index contributed by atoms with van der Waals surface area (Å²) in [5.41, 5.74) is 0.763. The Hall–Kier alpha value is -0.473. The van der Waals surface area contributed by atoms with Crippen LogP contribution >= 0.6 is 11.6 Å². The minimum atomic E-state index is -1.38. The molecule has 72 valence electrons. The van der Waals surface area contributed by atoms with Crippen molar-refractivity contribution in [2.45, 2.75) is 13.1 Å². The Bertz CT molecular complexity index is 269. The maximum Gasteiger partial charge on any atom is 0.118 e. The molecule has 0 fully saturated rings. The zero-order valence-corrected chi connectivity index (χ0v) is 10.1. The van der Waals surface area contributed by atoms with E-state index in [1.165, 1.54) is 5.19 Å². The number of rotatable bonds is 3. The van der Waals surface area contributed by atoms with E-state index < -0.39 is 8.07 Å². The van der Waals surface area contributed by atoms with Crippen molar-refractivity contribution in [3.63, 3.8) is 0 Å². The second-order valence-corrected chi connectivity index (χ2v) is 9.16. The van der Waals surface area contributed by atoms with Crippen LogP contribution in [0.3, 0.4) is 0 Å². The van der Waals surface area contributed by atoms with Crippen molar-refractivity contribution < 1.29 is 4.74 Å². The van der Waals surface area contributed by atoms with Crippen LogP contribution in [0, 0.1) is 0 Å². The molecule has 0 spiro atoms. The van der Waals surface area contributed by atoms with Crippen molar-refractivity contribution in [1.82, 2.24) is 0 Å². The number of methoxy groups -OCH3 is 1. The topological polar surface area (TPSA) is 9.23 Å². The normalized spacial score (nSPS) is 11.4. The van der Waals surface area contributed by atoms with Crippen LogP contribution in [0.2, 0.25) is 13.1 Å². The molecule has 0 aliphatic heterocycles. The van der Waals surface area contributed by atoms with Crippen LogP contribution < -0.4 is 9.92 Å². The van der Waals surface area contributed by atoms with Gasteiger partial charge in [0, 0.05) is 5.50 Å². The highest BCUT2D eigenvalue weighted by Gasteiger charge is 2.21. The second kappa shape index (κ2) is 4.16. The molecule has 0 heterocycles. The Labute approximate surface area is 85.7 Å². The van der Waals surface area contributed by atoms with Crippen LogP contribution in [-0.4, -0.2) is 20.7 Å². The molecule has 3 heteroatoms. The fourth-order valence-electron chi connectivity index (χ4n) is 1.12. The minimum Gasteiger partial charge on any atom is -0.497 e. The first kappa shape index (κ1) is 10.6. The van der Waals surface area contributed by atoms with Gasteiger partial charge in [-0.2, -0.15) is 0 Å². The number of ether oxygens (including phenoxy) is 1. The summed E-state index contributed by atoms with van der Waals surface area (Å²) in [5, 5.41) is 1.38. The van der Waals surface area contributed by atoms with Crippen molar-refractivity contribution in [2.24, 2.45) is 0 Å². The van der Waals surface area contributed by atoms with E-state index in [4.69, 9.17) is 16.3 Å². The highest BCUT2D eigenvalue weighted by atomic mass is 35.5. The summed E-state index contributed by atoms with van der Waals surface area (Å²) in [6.07, 6.45) is 0. The SMILES string of the molecule is COc1ccc([Si](C)(C)CCl)cc1. The first-order valence-electron chi connectivity index (χ1n) is 4.30.